The summed E-state index contributed by atoms with van der Waals surface area (Å²) in [5, 5.41) is 2.39. The molecule has 1 aromatic carbocycles. The van der Waals surface area contributed by atoms with Crippen molar-refractivity contribution in [1.29, 1.82) is 0 Å². The average Bonchev–Trinajstić information content (AvgIpc) is 2.78. The third-order valence-electron chi connectivity index (χ3n) is 3.74. The fourth-order valence-corrected chi connectivity index (χ4v) is 2.76. The molecule has 0 radical (unpaired) electrons. The topological polar surface area (TPSA) is 66.5 Å². The maximum Gasteiger partial charge on any atom is 0.261 e. The molecule has 5 nitrogen and oxygen atoms in total. The van der Waals surface area contributed by atoms with Gasteiger partial charge in [-0.2, -0.15) is 0 Å². The number of benzene rings is 1. The van der Waals surface area contributed by atoms with Gasteiger partial charge in [-0.3, -0.25) is 19.3 Å². The van der Waals surface area contributed by atoms with E-state index in [-0.39, 0.29) is 24.1 Å². The molecule has 0 aliphatic carbocycles. The maximum absolute atomic E-state index is 12.2. The lowest BCUT2D eigenvalue weighted by Crippen LogP contribution is -2.39. The van der Waals surface area contributed by atoms with Crippen molar-refractivity contribution in [2.75, 3.05) is 6.54 Å². The summed E-state index contributed by atoms with van der Waals surface area (Å²) in [4.78, 5) is 37.3. The normalized spacial score (nSPS) is 15.3. The van der Waals surface area contributed by atoms with Crippen LogP contribution in [-0.2, 0) is 4.79 Å². The molecule has 1 N–H and O–H groups in total. The van der Waals surface area contributed by atoms with Crippen LogP contribution in [0.25, 0.3) is 0 Å². The molecular formula is C16H16Cl4N2O3. The molecule has 0 aromatic heterocycles. The Morgan fingerprint density at radius 2 is 1.60 bits per heavy atom. The Bertz CT molecular complexity index is 641. The Hall–Kier alpha value is -1.01. The molecule has 9 heteroatoms. The van der Waals surface area contributed by atoms with Crippen LogP contribution in [0.5, 0.6) is 0 Å². The molecule has 0 bridgehead atoms. The Morgan fingerprint density at radius 1 is 1.04 bits per heavy atom. The molecule has 0 saturated heterocycles. The number of nitrogens with one attached hydrogen (secondary N) is 1. The molecule has 0 spiro atoms. The number of carbonyl (C=O) groups excluding carboxylic acids is 3. The zero-order valence-corrected chi connectivity index (χ0v) is 16.1. The van der Waals surface area contributed by atoms with Gasteiger partial charge in [0.15, 0.2) is 5.50 Å². The number of fused-ring (bicyclic) bond motifs is 1. The number of hydrogen-bond acceptors (Lipinski definition) is 3. The minimum Gasteiger partial charge on any atom is -0.336 e. The summed E-state index contributed by atoms with van der Waals surface area (Å²) in [5.41, 5.74) is -0.234. The average molecular weight is 426 g/mol. The van der Waals surface area contributed by atoms with Crippen LogP contribution in [0.4, 0.5) is 0 Å². The number of rotatable bonds is 7. The van der Waals surface area contributed by atoms with Crippen molar-refractivity contribution in [3.63, 3.8) is 0 Å². The highest BCUT2D eigenvalue weighted by Crippen LogP contribution is 2.32. The number of hydrogen-bond donors (Lipinski definition) is 1. The zero-order chi connectivity index (χ0) is 18.6. The molecule has 0 unspecified atom stereocenters. The number of amides is 3. The summed E-state index contributed by atoms with van der Waals surface area (Å²) in [6.45, 7) is 0.320. The molecule has 0 fully saturated rings. The third kappa shape index (κ3) is 5.23. The first-order valence-corrected chi connectivity index (χ1v) is 9.24. The van der Waals surface area contributed by atoms with Crippen LogP contribution in [0.1, 0.15) is 46.4 Å². The lowest BCUT2D eigenvalue weighted by molar-refractivity contribution is -0.121. The van der Waals surface area contributed by atoms with Gasteiger partial charge in [-0.1, -0.05) is 65.0 Å². The van der Waals surface area contributed by atoms with Gasteiger partial charge in [-0.15, -0.1) is 0 Å². The van der Waals surface area contributed by atoms with E-state index < -0.39 is 9.29 Å². The first-order chi connectivity index (χ1) is 11.7. The van der Waals surface area contributed by atoms with Crippen molar-refractivity contribution in [2.24, 2.45) is 0 Å². The quantitative estimate of drug-likeness (QED) is 0.312. The SMILES string of the molecule is O=C(CCCCCN1C(=O)c2ccccc2C1=O)N[C@H](Cl)C(Cl)(Cl)Cl. The van der Waals surface area contributed by atoms with Gasteiger partial charge in [0.05, 0.1) is 11.1 Å². The summed E-state index contributed by atoms with van der Waals surface area (Å²) >= 11 is 22.4. The minimum atomic E-state index is -1.78. The van der Waals surface area contributed by atoms with E-state index in [1.54, 1.807) is 24.3 Å². The molecule has 0 saturated carbocycles. The number of unbranched alkanes of at least 4 members (excludes halogenated alkanes) is 2. The molecular weight excluding hydrogens is 410 g/mol. The lowest BCUT2D eigenvalue weighted by atomic mass is 10.1. The van der Waals surface area contributed by atoms with Gasteiger partial charge in [-0.25, -0.2) is 0 Å². The Morgan fingerprint density at radius 3 is 2.12 bits per heavy atom. The molecule has 25 heavy (non-hydrogen) atoms. The van der Waals surface area contributed by atoms with Crippen LogP contribution in [0.3, 0.4) is 0 Å². The fraction of sp³-hybridized carbons (Fsp3) is 0.438. The first kappa shape index (κ1) is 20.3. The Balaban J connectivity index is 1.70. The van der Waals surface area contributed by atoms with Gasteiger partial charge in [0.25, 0.3) is 11.8 Å². The number of carbonyl (C=O) groups is 3. The van der Waals surface area contributed by atoms with Crippen LogP contribution in [-0.4, -0.2) is 38.5 Å². The fourth-order valence-electron chi connectivity index (χ4n) is 2.47. The second kappa shape index (κ2) is 8.58. The highest BCUT2D eigenvalue weighted by atomic mass is 35.6. The molecule has 136 valence electrons. The van der Waals surface area contributed by atoms with E-state index in [2.05, 4.69) is 5.32 Å². The van der Waals surface area contributed by atoms with Gasteiger partial charge >= 0.3 is 0 Å². The Kier molecular flexibility index (Phi) is 6.97. The predicted molar refractivity (Wildman–Crippen MR) is 98.4 cm³/mol. The second-order valence-corrected chi connectivity index (χ2v) is 8.40. The minimum absolute atomic E-state index is 0.214. The van der Waals surface area contributed by atoms with Crippen LogP contribution in [0.2, 0.25) is 0 Å². The predicted octanol–water partition coefficient (Wildman–Crippen LogP) is 3.89. The third-order valence-corrected chi connectivity index (χ3v) is 5.17. The number of imide groups is 1. The number of nitrogens with zero attached hydrogens (tertiary/aromatic N) is 1. The Labute approximate surface area is 165 Å². The summed E-state index contributed by atoms with van der Waals surface area (Å²) in [6, 6.07) is 6.75. The lowest BCUT2D eigenvalue weighted by Gasteiger charge is -2.19. The van der Waals surface area contributed by atoms with Crippen LogP contribution < -0.4 is 5.32 Å². The standard InChI is InChI=1S/C16H16Cl4N2O3/c17-15(16(18,19)20)21-12(23)8-2-1-5-9-22-13(24)10-6-3-4-7-11(10)14(22)25/h3-4,6-7,15H,1-2,5,8-9H2,(H,21,23)/t15-/m0/s1. The first-order valence-electron chi connectivity index (χ1n) is 7.67. The van der Waals surface area contributed by atoms with Gasteiger partial charge in [0.2, 0.25) is 9.70 Å². The highest BCUT2D eigenvalue weighted by molar-refractivity contribution is 6.70. The van der Waals surface area contributed by atoms with Crippen molar-refractivity contribution in [1.82, 2.24) is 10.2 Å². The van der Waals surface area contributed by atoms with Gasteiger partial charge in [0.1, 0.15) is 0 Å². The summed E-state index contributed by atoms with van der Waals surface area (Å²) in [5.74, 6) is -0.871. The van der Waals surface area contributed by atoms with E-state index >= 15 is 0 Å². The molecule has 1 atom stereocenters. The monoisotopic (exact) mass is 424 g/mol. The van der Waals surface area contributed by atoms with Gasteiger partial charge in [-0.05, 0) is 25.0 Å². The summed E-state index contributed by atoms with van der Waals surface area (Å²) < 4.78 is -1.78. The summed E-state index contributed by atoms with van der Waals surface area (Å²) in [6.07, 6.45) is 2.06. The molecule has 2 rings (SSSR count). The molecule has 3 amide bonds. The molecule has 1 heterocycles. The number of halogens is 4. The molecule has 1 aliphatic heterocycles. The smallest absolute Gasteiger partial charge is 0.261 e. The van der Waals surface area contributed by atoms with E-state index in [1.165, 1.54) is 4.90 Å². The van der Waals surface area contributed by atoms with E-state index in [0.717, 1.165) is 0 Å². The van der Waals surface area contributed by atoms with E-state index in [1.807, 2.05) is 0 Å². The van der Waals surface area contributed by atoms with Crippen LogP contribution in [0.15, 0.2) is 24.3 Å². The highest BCUT2D eigenvalue weighted by Gasteiger charge is 2.34. The van der Waals surface area contributed by atoms with Gasteiger partial charge < -0.3 is 5.32 Å². The number of alkyl halides is 4. The van der Waals surface area contributed by atoms with Crippen molar-refractivity contribution in [2.45, 2.75) is 35.0 Å². The van der Waals surface area contributed by atoms with E-state index in [4.69, 9.17) is 46.4 Å². The largest absolute Gasteiger partial charge is 0.336 e. The second-order valence-electron chi connectivity index (χ2n) is 5.59. The van der Waals surface area contributed by atoms with Crippen molar-refractivity contribution in [3.05, 3.63) is 35.4 Å². The van der Waals surface area contributed by atoms with Crippen molar-refractivity contribution in [3.8, 4) is 0 Å². The zero-order valence-electron chi connectivity index (χ0n) is 13.1. The maximum atomic E-state index is 12.2. The van der Waals surface area contributed by atoms with Crippen molar-refractivity contribution < 1.29 is 14.4 Å². The summed E-state index contributed by atoms with van der Waals surface area (Å²) in [7, 11) is 0. The van der Waals surface area contributed by atoms with Crippen LogP contribution >= 0.6 is 46.4 Å². The molecule has 1 aliphatic rings. The molecule has 1 aromatic rings. The van der Waals surface area contributed by atoms with E-state index in [0.29, 0.717) is 36.9 Å². The van der Waals surface area contributed by atoms with Crippen molar-refractivity contribution >= 4 is 64.1 Å². The van der Waals surface area contributed by atoms with E-state index in [9.17, 15) is 14.4 Å². The van der Waals surface area contributed by atoms with Crippen LogP contribution in [0, 0.1) is 0 Å². The van der Waals surface area contributed by atoms with Gasteiger partial charge in [0, 0.05) is 13.0 Å².